The van der Waals surface area contributed by atoms with Crippen molar-refractivity contribution in [1.29, 1.82) is 0 Å². The van der Waals surface area contributed by atoms with Crippen LogP contribution in [0.1, 0.15) is 11.8 Å². The van der Waals surface area contributed by atoms with E-state index < -0.39 is 36.8 Å². The van der Waals surface area contributed by atoms with Gasteiger partial charge in [0.2, 0.25) is 0 Å². The van der Waals surface area contributed by atoms with Crippen molar-refractivity contribution in [3.05, 3.63) is 58.6 Å². The standard InChI is InChI=1S/C16H19N3O5/c20-9-11-13(21)14(22)15(24-11)19-7-6-12(18-16(19)23)17-8-10-4-2-1-3-5-10/h1-7,11,13-15,20-22H,8-9H2,(H,17,18,23)/t11-,13+,14-,15-/m0/s1. The molecule has 0 unspecified atom stereocenters. The Morgan fingerprint density at radius 2 is 1.92 bits per heavy atom. The third-order valence-electron chi connectivity index (χ3n) is 3.94. The Hall–Kier alpha value is -2.26. The molecule has 0 spiro atoms. The number of ether oxygens (including phenoxy) is 1. The molecule has 0 bridgehead atoms. The monoisotopic (exact) mass is 333 g/mol. The summed E-state index contributed by atoms with van der Waals surface area (Å²) in [6.07, 6.45) is -3.16. The van der Waals surface area contributed by atoms with E-state index in [1.54, 1.807) is 6.07 Å². The van der Waals surface area contributed by atoms with Crippen LogP contribution in [0.25, 0.3) is 0 Å². The lowest BCUT2D eigenvalue weighted by Gasteiger charge is -2.17. The first-order valence-corrected chi connectivity index (χ1v) is 7.59. The van der Waals surface area contributed by atoms with Gasteiger partial charge in [-0.15, -0.1) is 0 Å². The zero-order valence-corrected chi connectivity index (χ0v) is 12.8. The predicted molar refractivity (Wildman–Crippen MR) is 85.3 cm³/mol. The Bertz CT molecular complexity index is 736. The summed E-state index contributed by atoms with van der Waals surface area (Å²) in [5.74, 6) is 0.395. The fraction of sp³-hybridized carbons (Fsp3) is 0.375. The molecule has 1 aliphatic rings. The molecule has 1 aromatic carbocycles. The zero-order valence-electron chi connectivity index (χ0n) is 12.8. The lowest BCUT2D eigenvalue weighted by molar-refractivity contribution is -0.0549. The molecule has 1 saturated heterocycles. The molecule has 8 nitrogen and oxygen atoms in total. The maximum atomic E-state index is 12.2. The molecule has 1 aliphatic heterocycles. The van der Waals surface area contributed by atoms with Crippen molar-refractivity contribution in [2.45, 2.75) is 31.1 Å². The van der Waals surface area contributed by atoms with Crippen molar-refractivity contribution in [3.63, 3.8) is 0 Å². The fourth-order valence-corrected chi connectivity index (χ4v) is 2.60. The third kappa shape index (κ3) is 3.31. The number of hydrogen-bond donors (Lipinski definition) is 4. The van der Waals surface area contributed by atoms with Gasteiger partial charge in [0.15, 0.2) is 6.23 Å². The minimum absolute atomic E-state index is 0.395. The molecular formula is C16H19N3O5. The van der Waals surface area contributed by atoms with Crippen LogP contribution >= 0.6 is 0 Å². The van der Waals surface area contributed by atoms with Gasteiger partial charge in [-0.25, -0.2) is 4.79 Å². The van der Waals surface area contributed by atoms with E-state index >= 15 is 0 Å². The molecule has 2 aromatic rings. The number of aromatic nitrogens is 2. The molecular weight excluding hydrogens is 314 g/mol. The van der Waals surface area contributed by atoms with Gasteiger partial charge in [0.1, 0.15) is 24.1 Å². The van der Waals surface area contributed by atoms with E-state index in [0.29, 0.717) is 12.4 Å². The van der Waals surface area contributed by atoms with Crippen molar-refractivity contribution < 1.29 is 20.1 Å². The van der Waals surface area contributed by atoms with Crippen LogP contribution in [0.4, 0.5) is 5.82 Å². The summed E-state index contributed by atoms with van der Waals surface area (Å²) in [5.41, 5.74) is 0.426. The van der Waals surface area contributed by atoms with Gasteiger partial charge < -0.3 is 25.4 Å². The van der Waals surface area contributed by atoms with Crippen LogP contribution in [0.15, 0.2) is 47.4 Å². The summed E-state index contributed by atoms with van der Waals surface area (Å²) in [6, 6.07) is 11.2. The summed E-state index contributed by atoms with van der Waals surface area (Å²) in [4.78, 5) is 16.1. The molecule has 128 valence electrons. The van der Waals surface area contributed by atoms with Gasteiger partial charge in [-0.05, 0) is 11.6 Å². The number of nitrogens with one attached hydrogen (secondary N) is 1. The van der Waals surface area contributed by atoms with Crippen LogP contribution in [-0.4, -0.2) is 49.8 Å². The Morgan fingerprint density at radius 3 is 2.54 bits per heavy atom. The highest BCUT2D eigenvalue weighted by atomic mass is 16.6. The highest BCUT2D eigenvalue weighted by Gasteiger charge is 2.43. The minimum Gasteiger partial charge on any atom is -0.394 e. The molecule has 1 fully saturated rings. The number of aliphatic hydroxyl groups excluding tert-OH is 3. The fourth-order valence-electron chi connectivity index (χ4n) is 2.60. The summed E-state index contributed by atoms with van der Waals surface area (Å²) in [6.45, 7) is 0.0682. The number of anilines is 1. The smallest absolute Gasteiger partial charge is 0.351 e. The number of rotatable bonds is 5. The Kier molecular flexibility index (Phi) is 4.91. The molecule has 24 heavy (non-hydrogen) atoms. The van der Waals surface area contributed by atoms with E-state index in [-0.39, 0.29) is 0 Å². The normalized spacial score (nSPS) is 26.5. The molecule has 0 aliphatic carbocycles. The van der Waals surface area contributed by atoms with Crippen LogP contribution in [-0.2, 0) is 11.3 Å². The Morgan fingerprint density at radius 1 is 1.17 bits per heavy atom. The van der Waals surface area contributed by atoms with E-state index in [4.69, 9.17) is 9.84 Å². The van der Waals surface area contributed by atoms with Crippen LogP contribution in [0, 0.1) is 0 Å². The summed E-state index contributed by atoms with van der Waals surface area (Å²) in [5, 5.41) is 31.9. The maximum absolute atomic E-state index is 12.2. The van der Waals surface area contributed by atoms with Gasteiger partial charge in [0.05, 0.1) is 6.61 Å². The van der Waals surface area contributed by atoms with Crippen molar-refractivity contribution in [2.24, 2.45) is 0 Å². The highest BCUT2D eigenvalue weighted by Crippen LogP contribution is 2.28. The van der Waals surface area contributed by atoms with E-state index in [1.807, 2.05) is 30.3 Å². The zero-order chi connectivity index (χ0) is 17.1. The van der Waals surface area contributed by atoms with Gasteiger partial charge in [-0.1, -0.05) is 30.3 Å². The maximum Gasteiger partial charge on any atom is 0.351 e. The molecule has 1 aromatic heterocycles. The first-order chi connectivity index (χ1) is 11.6. The average Bonchev–Trinajstić information content (AvgIpc) is 2.89. The SMILES string of the molecule is O=c1nc(NCc2ccccc2)ccn1[C@H]1O[C@@H](CO)[C@@H](O)[C@@H]1O. The van der Waals surface area contributed by atoms with E-state index in [0.717, 1.165) is 10.1 Å². The number of nitrogens with zero attached hydrogens (tertiary/aromatic N) is 2. The number of aliphatic hydroxyl groups is 3. The summed E-state index contributed by atoms with van der Waals surface area (Å²) >= 11 is 0. The Balaban J connectivity index is 1.72. The average molecular weight is 333 g/mol. The summed E-state index contributed by atoms with van der Waals surface area (Å²) < 4.78 is 6.42. The minimum atomic E-state index is -1.32. The number of benzene rings is 1. The van der Waals surface area contributed by atoms with Crippen LogP contribution in [0.3, 0.4) is 0 Å². The van der Waals surface area contributed by atoms with Gasteiger partial charge >= 0.3 is 5.69 Å². The molecule has 3 rings (SSSR count). The highest BCUT2D eigenvalue weighted by molar-refractivity contribution is 5.33. The largest absolute Gasteiger partial charge is 0.394 e. The van der Waals surface area contributed by atoms with Gasteiger partial charge in [-0.3, -0.25) is 4.57 Å². The van der Waals surface area contributed by atoms with Gasteiger partial charge in [0.25, 0.3) is 0 Å². The molecule has 0 radical (unpaired) electrons. The lowest BCUT2D eigenvalue weighted by atomic mass is 10.1. The van der Waals surface area contributed by atoms with Crippen molar-refractivity contribution in [2.75, 3.05) is 11.9 Å². The van der Waals surface area contributed by atoms with Gasteiger partial charge in [-0.2, -0.15) is 4.98 Å². The van der Waals surface area contributed by atoms with E-state index in [1.165, 1.54) is 6.20 Å². The second kappa shape index (κ2) is 7.10. The van der Waals surface area contributed by atoms with Crippen LogP contribution in [0.5, 0.6) is 0 Å². The predicted octanol–water partition coefficient (Wildman–Crippen LogP) is -0.533. The second-order valence-electron chi connectivity index (χ2n) is 5.57. The molecule has 0 saturated carbocycles. The summed E-state index contributed by atoms with van der Waals surface area (Å²) in [7, 11) is 0. The molecule has 2 heterocycles. The van der Waals surface area contributed by atoms with Crippen molar-refractivity contribution in [3.8, 4) is 0 Å². The number of hydrogen-bond acceptors (Lipinski definition) is 7. The van der Waals surface area contributed by atoms with Crippen molar-refractivity contribution in [1.82, 2.24) is 9.55 Å². The van der Waals surface area contributed by atoms with Gasteiger partial charge in [0, 0.05) is 12.7 Å². The first-order valence-electron chi connectivity index (χ1n) is 7.59. The second-order valence-corrected chi connectivity index (χ2v) is 5.57. The van der Waals surface area contributed by atoms with E-state index in [2.05, 4.69) is 10.3 Å². The lowest BCUT2D eigenvalue weighted by Crippen LogP contribution is -2.36. The molecule has 4 N–H and O–H groups in total. The molecule has 4 atom stereocenters. The molecule has 8 heteroatoms. The van der Waals surface area contributed by atoms with Crippen molar-refractivity contribution >= 4 is 5.82 Å². The van der Waals surface area contributed by atoms with Crippen LogP contribution in [0.2, 0.25) is 0 Å². The Labute approximate surface area is 138 Å². The molecule has 0 amide bonds. The van der Waals surface area contributed by atoms with Crippen LogP contribution < -0.4 is 11.0 Å². The quantitative estimate of drug-likeness (QED) is 0.581. The van der Waals surface area contributed by atoms with E-state index in [9.17, 15) is 15.0 Å². The topological polar surface area (TPSA) is 117 Å². The third-order valence-corrected chi connectivity index (χ3v) is 3.94. The first kappa shape index (κ1) is 16.6.